The molecule has 2 aromatic carbocycles. The maximum Gasteiger partial charge on any atom is 0.238 e. The van der Waals surface area contributed by atoms with Crippen molar-refractivity contribution in [2.75, 3.05) is 11.9 Å². The number of rotatable bonds is 6. The lowest BCUT2D eigenvalue weighted by Gasteiger charge is -2.18. The molecule has 1 atom stereocenters. The molecule has 128 valence electrons. The fourth-order valence-corrected chi connectivity index (χ4v) is 3.29. The maximum absolute atomic E-state index is 13.6. The molecule has 0 spiro atoms. The molecule has 3 nitrogen and oxygen atoms in total. The van der Waals surface area contributed by atoms with Crippen LogP contribution >= 0.6 is 11.3 Å². The molecule has 0 aliphatic carbocycles. The molecule has 0 aliphatic heterocycles. The van der Waals surface area contributed by atoms with Crippen molar-refractivity contribution in [1.82, 2.24) is 5.32 Å². The standard InChI is InChI=1S/C19H16F2N2OS/c20-14-8-9-16(15(21)11-14)23-18(24)12-22-19(17-7-4-10-25-17)13-5-2-1-3-6-13/h1-11,19,22H,12H2,(H,23,24)/t19-/m0/s1. The highest BCUT2D eigenvalue weighted by molar-refractivity contribution is 7.10. The third-order valence-corrected chi connectivity index (χ3v) is 4.57. The Morgan fingerprint density at radius 2 is 1.84 bits per heavy atom. The third-order valence-electron chi connectivity index (χ3n) is 3.63. The zero-order valence-corrected chi connectivity index (χ0v) is 14.0. The van der Waals surface area contributed by atoms with Crippen molar-refractivity contribution in [3.05, 3.63) is 88.1 Å². The molecule has 1 aromatic heterocycles. The van der Waals surface area contributed by atoms with Gasteiger partial charge in [-0.15, -0.1) is 11.3 Å². The van der Waals surface area contributed by atoms with E-state index in [9.17, 15) is 13.6 Å². The number of hydrogen-bond acceptors (Lipinski definition) is 3. The van der Waals surface area contributed by atoms with Crippen molar-refractivity contribution in [3.8, 4) is 0 Å². The topological polar surface area (TPSA) is 41.1 Å². The van der Waals surface area contributed by atoms with Crippen LogP contribution in [0.15, 0.2) is 66.0 Å². The number of halogens is 2. The predicted octanol–water partition coefficient (Wildman–Crippen LogP) is 4.34. The van der Waals surface area contributed by atoms with Crippen molar-refractivity contribution in [2.45, 2.75) is 6.04 Å². The van der Waals surface area contributed by atoms with Gasteiger partial charge in [0.2, 0.25) is 5.91 Å². The largest absolute Gasteiger partial charge is 0.322 e. The quantitative estimate of drug-likeness (QED) is 0.688. The second-order valence-corrected chi connectivity index (χ2v) is 6.39. The summed E-state index contributed by atoms with van der Waals surface area (Å²) in [5.41, 5.74) is 0.992. The fraction of sp³-hybridized carbons (Fsp3) is 0.105. The molecule has 3 rings (SSSR count). The first kappa shape index (κ1) is 17.3. The van der Waals surface area contributed by atoms with Gasteiger partial charge in [0.05, 0.1) is 18.3 Å². The van der Waals surface area contributed by atoms with Crippen LogP contribution in [0.25, 0.3) is 0 Å². The minimum absolute atomic E-state index is 0.00568. The van der Waals surface area contributed by atoms with E-state index in [4.69, 9.17) is 0 Å². The number of anilines is 1. The summed E-state index contributed by atoms with van der Waals surface area (Å²) in [6.45, 7) is -0.00568. The van der Waals surface area contributed by atoms with Crippen LogP contribution in [-0.2, 0) is 4.79 Å². The van der Waals surface area contributed by atoms with Gasteiger partial charge in [0.15, 0.2) is 0 Å². The molecule has 0 saturated heterocycles. The number of nitrogens with one attached hydrogen (secondary N) is 2. The van der Waals surface area contributed by atoms with E-state index in [0.29, 0.717) is 0 Å². The van der Waals surface area contributed by atoms with Gasteiger partial charge in [-0.05, 0) is 29.1 Å². The number of amides is 1. The number of carbonyl (C=O) groups is 1. The molecule has 25 heavy (non-hydrogen) atoms. The van der Waals surface area contributed by atoms with E-state index in [-0.39, 0.29) is 18.3 Å². The maximum atomic E-state index is 13.6. The van der Waals surface area contributed by atoms with Crippen molar-refractivity contribution < 1.29 is 13.6 Å². The predicted molar refractivity (Wildman–Crippen MR) is 95.6 cm³/mol. The van der Waals surface area contributed by atoms with E-state index in [2.05, 4.69) is 10.6 Å². The van der Waals surface area contributed by atoms with Crippen molar-refractivity contribution in [1.29, 1.82) is 0 Å². The number of thiophene rings is 1. The average molecular weight is 358 g/mol. The Labute approximate surface area is 148 Å². The van der Waals surface area contributed by atoms with E-state index in [1.165, 1.54) is 6.07 Å². The highest BCUT2D eigenvalue weighted by atomic mass is 32.1. The molecule has 0 aliphatic rings. The van der Waals surface area contributed by atoms with E-state index in [1.54, 1.807) is 11.3 Å². The molecule has 1 heterocycles. The van der Waals surface area contributed by atoms with E-state index in [0.717, 1.165) is 22.6 Å². The summed E-state index contributed by atoms with van der Waals surface area (Å²) in [6.07, 6.45) is 0. The summed E-state index contributed by atoms with van der Waals surface area (Å²) in [5, 5.41) is 7.61. The van der Waals surface area contributed by atoms with E-state index >= 15 is 0 Å². The molecule has 1 amide bonds. The lowest BCUT2D eigenvalue weighted by molar-refractivity contribution is -0.115. The average Bonchev–Trinajstić information content (AvgIpc) is 3.13. The summed E-state index contributed by atoms with van der Waals surface area (Å²) in [4.78, 5) is 13.2. The molecular formula is C19H16F2N2OS. The monoisotopic (exact) mass is 358 g/mol. The van der Waals surface area contributed by atoms with Gasteiger partial charge in [0, 0.05) is 10.9 Å². The van der Waals surface area contributed by atoms with Crippen LogP contribution in [0.1, 0.15) is 16.5 Å². The van der Waals surface area contributed by atoms with Gasteiger partial charge in [0.1, 0.15) is 11.6 Å². The second kappa shape index (κ2) is 8.00. The van der Waals surface area contributed by atoms with Gasteiger partial charge in [-0.1, -0.05) is 36.4 Å². The number of benzene rings is 2. The van der Waals surface area contributed by atoms with E-state index < -0.39 is 17.5 Å². The highest BCUT2D eigenvalue weighted by Crippen LogP contribution is 2.25. The first-order valence-electron chi connectivity index (χ1n) is 7.70. The van der Waals surface area contributed by atoms with Crippen LogP contribution in [0.4, 0.5) is 14.5 Å². The zero-order chi connectivity index (χ0) is 17.6. The molecule has 0 unspecified atom stereocenters. The summed E-state index contributed by atoms with van der Waals surface area (Å²) >= 11 is 1.59. The Hall–Kier alpha value is -2.57. The zero-order valence-electron chi connectivity index (χ0n) is 13.2. The molecule has 0 radical (unpaired) electrons. The lowest BCUT2D eigenvalue weighted by atomic mass is 10.1. The number of hydrogen-bond donors (Lipinski definition) is 2. The summed E-state index contributed by atoms with van der Waals surface area (Å²) in [7, 11) is 0. The smallest absolute Gasteiger partial charge is 0.238 e. The Balaban J connectivity index is 1.68. The van der Waals surface area contributed by atoms with Crippen molar-refractivity contribution in [3.63, 3.8) is 0 Å². The first-order valence-corrected chi connectivity index (χ1v) is 8.58. The molecule has 0 fully saturated rings. The van der Waals surface area contributed by atoms with Crippen molar-refractivity contribution >= 4 is 22.9 Å². The Morgan fingerprint density at radius 1 is 1.04 bits per heavy atom. The highest BCUT2D eigenvalue weighted by Gasteiger charge is 2.16. The SMILES string of the molecule is O=C(CN[C@@H](c1ccccc1)c1cccs1)Nc1ccc(F)cc1F. The molecule has 6 heteroatoms. The normalized spacial score (nSPS) is 11.9. The number of carbonyl (C=O) groups excluding carboxylic acids is 1. The molecule has 3 aromatic rings. The summed E-state index contributed by atoms with van der Waals surface area (Å²) < 4.78 is 26.5. The molecule has 0 saturated carbocycles. The molecule has 2 N–H and O–H groups in total. The Kier molecular flexibility index (Phi) is 5.53. The van der Waals surface area contributed by atoms with Crippen LogP contribution in [0.5, 0.6) is 0 Å². The van der Waals surface area contributed by atoms with E-state index in [1.807, 2.05) is 47.8 Å². The van der Waals surface area contributed by atoms with Gasteiger partial charge in [-0.3, -0.25) is 10.1 Å². The van der Waals surface area contributed by atoms with Crippen LogP contribution in [-0.4, -0.2) is 12.5 Å². The van der Waals surface area contributed by atoms with Crippen molar-refractivity contribution in [2.24, 2.45) is 0 Å². The van der Waals surface area contributed by atoms with Crippen LogP contribution < -0.4 is 10.6 Å². The van der Waals surface area contributed by atoms with Gasteiger partial charge < -0.3 is 5.32 Å². The van der Waals surface area contributed by atoms with Gasteiger partial charge in [-0.2, -0.15) is 0 Å². The fourth-order valence-electron chi connectivity index (χ4n) is 2.46. The third kappa shape index (κ3) is 4.49. The second-order valence-electron chi connectivity index (χ2n) is 5.41. The van der Waals surface area contributed by atoms with Gasteiger partial charge in [-0.25, -0.2) is 8.78 Å². The van der Waals surface area contributed by atoms with Gasteiger partial charge >= 0.3 is 0 Å². The van der Waals surface area contributed by atoms with Crippen LogP contribution in [0.3, 0.4) is 0 Å². The summed E-state index contributed by atoms with van der Waals surface area (Å²) in [5.74, 6) is -1.88. The minimum atomic E-state index is -0.800. The first-order chi connectivity index (χ1) is 12.1. The minimum Gasteiger partial charge on any atom is -0.322 e. The Bertz CT molecular complexity index is 838. The molecule has 0 bridgehead atoms. The van der Waals surface area contributed by atoms with Crippen LogP contribution in [0.2, 0.25) is 0 Å². The summed E-state index contributed by atoms with van der Waals surface area (Å²) in [6, 6.07) is 16.6. The van der Waals surface area contributed by atoms with Crippen LogP contribution in [0, 0.1) is 11.6 Å². The molecular weight excluding hydrogens is 342 g/mol. The Morgan fingerprint density at radius 3 is 2.52 bits per heavy atom. The van der Waals surface area contributed by atoms with Gasteiger partial charge in [0.25, 0.3) is 0 Å². The lowest BCUT2D eigenvalue weighted by Crippen LogP contribution is -2.31.